The first-order chi connectivity index (χ1) is 12.1. The Hall–Kier alpha value is -2.37. The number of methoxy groups -OCH3 is 1. The average Bonchev–Trinajstić information content (AvgIpc) is 2.97. The number of carbonyl (C=O) groups is 1. The number of aromatic nitrogens is 2. The SMILES string of the molecule is CCCCCCC1CN(c2cccnc(OC)nc(C)cc2)C(=O)O1. The predicted molar refractivity (Wildman–Crippen MR) is 97.3 cm³/mol. The van der Waals surface area contributed by atoms with Crippen molar-refractivity contribution in [2.45, 2.75) is 52.1 Å². The molecule has 0 aliphatic carbocycles. The molecule has 1 saturated heterocycles. The fourth-order valence-corrected chi connectivity index (χ4v) is 2.69. The van der Waals surface area contributed by atoms with E-state index in [1.54, 1.807) is 17.2 Å². The second-order valence-corrected chi connectivity index (χ2v) is 6.10. The Labute approximate surface area is 149 Å². The van der Waals surface area contributed by atoms with Crippen molar-refractivity contribution in [1.29, 1.82) is 0 Å². The second-order valence-electron chi connectivity index (χ2n) is 6.10. The van der Waals surface area contributed by atoms with E-state index in [4.69, 9.17) is 9.47 Å². The molecular weight excluding hydrogens is 318 g/mol. The van der Waals surface area contributed by atoms with Crippen LogP contribution < -0.4 is 9.64 Å². The topological polar surface area (TPSA) is 64.5 Å². The quantitative estimate of drug-likeness (QED) is 0.693. The van der Waals surface area contributed by atoms with Gasteiger partial charge in [0.1, 0.15) is 6.10 Å². The van der Waals surface area contributed by atoms with E-state index in [1.165, 1.54) is 26.4 Å². The molecule has 0 spiro atoms. The lowest BCUT2D eigenvalue weighted by atomic mass is 10.1. The smallest absolute Gasteiger partial charge is 0.414 e. The number of rotatable bonds is 7. The molecule has 25 heavy (non-hydrogen) atoms. The van der Waals surface area contributed by atoms with Crippen molar-refractivity contribution in [3.8, 4) is 6.01 Å². The Kier molecular flexibility index (Phi) is 7.44. The summed E-state index contributed by atoms with van der Waals surface area (Å²) in [4.78, 5) is 22.3. The Morgan fingerprint density at radius 1 is 1.28 bits per heavy atom. The predicted octanol–water partition coefficient (Wildman–Crippen LogP) is 4.21. The number of unbranched alkanes of at least 4 members (excludes halogenated alkanes) is 3. The van der Waals surface area contributed by atoms with Crippen molar-refractivity contribution in [3.63, 3.8) is 0 Å². The number of hydrogen-bond acceptors (Lipinski definition) is 5. The average molecular weight is 345 g/mol. The molecule has 0 N–H and O–H groups in total. The van der Waals surface area contributed by atoms with Gasteiger partial charge in [-0.25, -0.2) is 14.8 Å². The molecule has 0 radical (unpaired) electrons. The van der Waals surface area contributed by atoms with Crippen LogP contribution in [0.3, 0.4) is 0 Å². The molecule has 0 aromatic carbocycles. The molecule has 2 rings (SSSR count). The minimum Gasteiger partial charge on any atom is -0.467 e. The highest BCUT2D eigenvalue weighted by atomic mass is 16.6. The lowest BCUT2D eigenvalue weighted by Crippen LogP contribution is -2.24. The number of hydrogen-bond donors (Lipinski definition) is 0. The highest BCUT2D eigenvalue weighted by molar-refractivity contribution is 5.89. The molecule has 1 aromatic rings. The molecule has 1 aliphatic heterocycles. The lowest BCUT2D eigenvalue weighted by Gasteiger charge is -2.11. The summed E-state index contributed by atoms with van der Waals surface area (Å²) in [6.45, 7) is 4.62. The highest BCUT2D eigenvalue weighted by Crippen LogP contribution is 2.23. The van der Waals surface area contributed by atoms with Crippen LogP contribution in [0.4, 0.5) is 10.5 Å². The van der Waals surface area contributed by atoms with Crippen LogP contribution in [-0.2, 0) is 4.74 Å². The van der Waals surface area contributed by atoms with Crippen LogP contribution in [0.2, 0.25) is 0 Å². The summed E-state index contributed by atoms with van der Waals surface area (Å²) in [5.41, 5.74) is 1.51. The Morgan fingerprint density at radius 3 is 2.88 bits per heavy atom. The molecule has 1 aliphatic rings. The van der Waals surface area contributed by atoms with E-state index in [-0.39, 0.29) is 12.2 Å². The van der Waals surface area contributed by atoms with Crippen LogP contribution in [-0.4, -0.2) is 35.8 Å². The molecule has 2 heterocycles. The van der Waals surface area contributed by atoms with Gasteiger partial charge in [0.15, 0.2) is 0 Å². The molecule has 0 bridgehead atoms. The molecular formula is C19H27N3O3. The van der Waals surface area contributed by atoms with Crippen molar-refractivity contribution < 1.29 is 14.3 Å². The first kappa shape index (κ1) is 19.0. The number of cyclic esters (lactones) is 1. The van der Waals surface area contributed by atoms with Crippen molar-refractivity contribution >= 4 is 11.8 Å². The second kappa shape index (κ2) is 9.81. The van der Waals surface area contributed by atoms with Crippen LogP contribution in [0.15, 0.2) is 30.5 Å². The maximum absolute atomic E-state index is 12.2. The third kappa shape index (κ3) is 5.89. The normalized spacial score (nSPS) is 16.4. The molecule has 1 unspecified atom stereocenters. The van der Waals surface area contributed by atoms with Crippen molar-refractivity contribution in [2.75, 3.05) is 18.6 Å². The van der Waals surface area contributed by atoms with Gasteiger partial charge in [0.05, 0.1) is 13.7 Å². The molecule has 1 aromatic heterocycles. The minimum atomic E-state index is -0.294. The highest BCUT2D eigenvalue weighted by Gasteiger charge is 2.31. The largest absolute Gasteiger partial charge is 0.467 e. The Balaban J connectivity index is 2.13. The van der Waals surface area contributed by atoms with E-state index < -0.39 is 0 Å². The summed E-state index contributed by atoms with van der Waals surface area (Å²) in [5, 5.41) is 0. The van der Waals surface area contributed by atoms with Gasteiger partial charge < -0.3 is 9.47 Å². The fourth-order valence-electron chi connectivity index (χ4n) is 2.69. The Bertz CT molecular complexity index is 635. The third-order valence-corrected chi connectivity index (χ3v) is 4.05. The molecule has 1 amide bonds. The van der Waals surface area contributed by atoms with Crippen LogP contribution in [0.5, 0.6) is 6.01 Å². The summed E-state index contributed by atoms with van der Waals surface area (Å²) in [7, 11) is 1.53. The summed E-state index contributed by atoms with van der Waals surface area (Å²) in [6, 6.07) is 7.59. The molecule has 1 fully saturated rings. The van der Waals surface area contributed by atoms with Crippen molar-refractivity contribution in [2.24, 2.45) is 0 Å². The summed E-state index contributed by atoms with van der Waals surface area (Å²) in [5.74, 6) is 0. The van der Waals surface area contributed by atoms with Gasteiger partial charge in [-0.1, -0.05) is 26.2 Å². The van der Waals surface area contributed by atoms with Crippen LogP contribution in [0, 0.1) is 6.92 Å². The van der Waals surface area contributed by atoms with E-state index in [0.29, 0.717) is 12.6 Å². The van der Waals surface area contributed by atoms with Gasteiger partial charge in [0.25, 0.3) is 0 Å². The van der Waals surface area contributed by atoms with Gasteiger partial charge in [0, 0.05) is 17.6 Å². The first-order valence-electron chi connectivity index (χ1n) is 8.84. The number of carbonyl (C=O) groups excluding carboxylic acids is 1. The van der Waals surface area contributed by atoms with E-state index in [1.807, 2.05) is 25.1 Å². The molecule has 136 valence electrons. The van der Waals surface area contributed by atoms with E-state index >= 15 is 0 Å². The van der Waals surface area contributed by atoms with Crippen LogP contribution >= 0.6 is 0 Å². The molecule has 1 atom stereocenters. The number of ether oxygens (including phenoxy) is 2. The molecule has 0 saturated carbocycles. The Morgan fingerprint density at radius 2 is 2.12 bits per heavy atom. The number of amides is 1. The van der Waals surface area contributed by atoms with E-state index in [9.17, 15) is 4.79 Å². The van der Waals surface area contributed by atoms with Gasteiger partial charge in [-0.15, -0.1) is 0 Å². The third-order valence-electron chi connectivity index (χ3n) is 4.05. The number of anilines is 1. The summed E-state index contributed by atoms with van der Waals surface area (Å²) < 4.78 is 10.6. The van der Waals surface area contributed by atoms with Gasteiger partial charge in [-0.3, -0.25) is 4.90 Å². The van der Waals surface area contributed by atoms with Gasteiger partial charge in [-0.05, 0) is 44.0 Å². The molecule has 6 heteroatoms. The van der Waals surface area contributed by atoms with Gasteiger partial charge in [-0.2, -0.15) is 0 Å². The monoisotopic (exact) mass is 345 g/mol. The minimum absolute atomic E-state index is 0.0362. The zero-order valence-corrected chi connectivity index (χ0v) is 15.3. The standard InChI is InChI=1S/C19H27N3O3/c1-4-5-6-7-10-17-14-22(19(23)25-17)16-9-8-13-20-18(24-3)21-15(2)11-12-16/h8-9,11-13,17H,4-7,10,14H2,1-3H3. The molecule has 6 nitrogen and oxygen atoms in total. The van der Waals surface area contributed by atoms with E-state index in [2.05, 4.69) is 16.9 Å². The summed E-state index contributed by atoms with van der Waals surface area (Å²) >= 11 is 0. The fraction of sp³-hybridized carbons (Fsp3) is 0.526. The van der Waals surface area contributed by atoms with E-state index in [0.717, 1.165) is 24.2 Å². The lowest BCUT2D eigenvalue weighted by molar-refractivity contribution is 0.135. The number of nitrogens with zero attached hydrogens (tertiary/aromatic N) is 3. The van der Waals surface area contributed by atoms with Crippen molar-refractivity contribution in [3.05, 3.63) is 36.2 Å². The maximum Gasteiger partial charge on any atom is 0.414 e. The zero-order valence-electron chi connectivity index (χ0n) is 15.3. The maximum atomic E-state index is 12.2. The van der Waals surface area contributed by atoms with Gasteiger partial charge >= 0.3 is 12.1 Å². The van der Waals surface area contributed by atoms with Crippen molar-refractivity contribution in [1.82, 2.24) is 9.97 Å². The zero-order chi connectivity index (χ0) is 18.1. The first-order valence-corrected chi connectivity index (χ1v) is 8.84. The van der Waals surface area contributed by atoms with Crippen LogP contribution in [0.1, 0.15) is 44.7 Å². The van der Waals surface area contributed by atoms with Crippen LogP contribution in [0.25, 0.3) is 0 Å². The van der Waals surface area contributed by atoms with Gasteiger partial charge in [0.2, 0.25) is 0 Å². The number of aryl methyl sites for hydroxylation is 1. The summed E-state index contributed by atoms with van der Waals surface area (Å²) in [6.07, 6.45) is 6.89.